The van der Waals surface area contributed by atoms with E-state index in [1.165, 1.54) is 6.07 Å². The van der Waals surface area contributed by atoms with Crippen LogP contribution >= 0.6 is 11.3 Å². The quantitative estimate of drug-likeness (QED) is 0.783. The molecule has 152 valence electrons. The average molecular weight is 414 g/mol. The molecule has 1 saturated heterocycles. The molecule has 1 fully saturated rings. The van der Waals surface area contributed by atoms with Crippen LogP contribution in [0.1, 0.15) is 45.4 Å². The van der Waals surface area contributed by atoms with Crippen molar-refractivity contribution in [2.45, 2.75) is 63.6 Å². The van der Waals surface area contributed by atoms with Crippen LogP contribution in [0.4, 0.5) is 13.2 Å². The molecule has 4 nitrogen and oxygen atoms in total. The number of aryl methyl sites for hydroxylation is 1. The molecule has 0 saturated carbocycles. The van der Waals surface area contributed by atoms with Crippen LogP contribution in [0.25, 0.3) is 0 Å². The van der Waals surface area contributed by atoms with Gasteiger partial charge in [0.15, 0.2) is 5.79 Å². The lowest BCUT2D eigenvalue weighted by molar-refractivity contribution is -0.318. The van der Waals surface area contributed by atoms with E-state index in [4.69, 9.17) is 9.47 Å². The van der Waals surface area contributed by atoms with Crippen LogP contribution in [0, 0.1) is 6.92 Å². The molecule has 1 spiro atoms. The van der Waals surface area contributed by atoms with Crippen LogP contribution in [-0.4, -0.2) is 28.5 Å². The summed E-state index contributed by atoms with van der Waals surface area (Å²) in [6.07, 6.45) is -6.44. The highest BCUT2D eigenvalue weighted by molar-refractivity contribution is 7.12. The van der Waals surface area contributed by atoms with Gasteiger partial charge in [0.25, 0.3) is 0 Å². The maximum atomic E-state index is 12.9. The van der Waals surface area contributed by atoms with Crippen molar-refractivity contribution >= 4 is 11.3 Å². The first-order valence-electron chi connectivity index (χ1n) is 9.06. The topological polar surface area (TPSA) is 58.9 Å². The Hall–Kier alpha value is -1.45. The summed E-state index contributed by atoms with van der Waals surface area (Å²) in [5.41, 5.74) is 3.56. The van der Waals surface area contributed by atoms with Crippen molar-refractivity contribution < 1.29 is 32.9 Å². The maximum Gasteiger partial charge on any atom is 0.425 e. The van der Waals surface area contributed by atoms with Crippen LogP contribution in [0.3, 0.4) is 0 Å². The summed E-state index contributed by atoms with van der Waals surface area (Å²) >= 11 is 0.744. The highest BCUT2D eigenvalue weighted by atomic mass is 32.1. The molecule has 2 aliphatic rings. The normalized spacial score (nSPS) is 30.0. The Bertz CT molecular complexity index is 880. The first-order valence-corrected chi connectivity index (χ1v) is 9.87. The Morgan fingerprint density at radius 1 is 1.25 bits per heavy atom. The molecule has 2 aliphatic heterocycles. The first kappa shape index (κ1) is 19.8. The molecule has 8 heteroatoms. The fourth-order valence-corrected chi connectivity index (χ4v) is 4.85. The third kappa shape index (κ3) is 3.37. The van der Waals surface area contributed by atoms with Gasteiger partial charge in [-0.15, -0.1) is 11.3 Å². The lowest BCUT2D eigenvalue weighted by Crippen LogP contribution is -2.52. The molecule has 28 heavy (non-hydrogen) atoms. The predicted octanol–water partition coefficient (Wildman–Crippen LogP) is 3.88. The number of aliphatic hydroxyl groups is 2. The van der Waals surface area contributed by atoms with E-state index in [1.807, 2.05) is 19.1 Å². The maximum absolute atomic E-state index is 12.9. The molecule has 3 heterocycles. The minimum Gasteiger partial charge on any atom is -0.390 e. The summed E-state index contributed by atoms with van der Waals surface area (Å²) in [5.74, 6) is -1.14. The van der Waals surface area contributed by atoms with E-state index in [0.717, 1.165) is 39.7 Å². The monoisotopic (exact) mass is 414 g/mol. The molecule has 1 aromatic carbocycles. The van der Waals surface area contributed by atoms with Crippen LogP contribution in [0.15, 0.2) is 24.3 Å². The van der Waals surface area contributed by atoms with Gasteiger partial charge in [-0.25, -0.2) is 0 Å². The van der Waals surface area contributed by atoms with Crippen LogP contribution in [0.5, 0.6) is 0 Å². The van der Waals surface area contributed by atoms with Crippen LogP contribution in [0.2, 0.25) is 0 Å². The molecule has 4 rings (SSSR count). The van der Waals surface area contributed by atoms with E-state index in [2.05, 4.69) is 0 Å². The molecule has 0 unspecified atom stereocenters. The summed E-state index contributed by atoms with van der Waals surface area (Å²) < 4.78 is 50.5. The molecule has 1 aromatic heterocycles. The Labute approximate surface area is 164 Å². The Balaban J connectivity index is 1.66. The molecule has 2 N–H and O–H groups in total. The lowest BCUT2D eigenvalue weighted by Gasteiger charge is -2.42. The van der Waals surface area contributed by atoms with Crippen molar-refractivity contribution in [1.29, 1.82) is 0 Å². The van der Waals surface area contributed by atoms with Crippen molar-refractivity contribution in [2.24, 2.45) is 0 Å². The molecular formula is C20H21F3O4S. The van der Waals surface area contributed by atoms with E-state index >= 15 is 0 Å². The summed E-state index contributed by atoms with van der Waals surface area (Å²) in [5, 5.41) is 20.2. The molecule has 0 aliphatic carbocycles. The summed E-state index contributed by atoms with van der Waals surface area (Å²) in [6.45, 7) is 3.92. The van der Waals surface area contributed by atoms with E-state index in [-0.39, 0.29) is 6.42 Å². The zero-order valence-corrected chi connectivity index (χ0v) is 16.2. The van der Waals surface area contributed by atoms with Crippen LogP contribution in [-0.2, 0) is 34.5 Å². The third-order valence-electron chi connectivity index (χ3n) is 5.47. The number of fused-ring (bicyclic) bond motifs is 2. The number of halogens is 3. The van der Waals surface area contributed by atoms with Gasteiger partial charge in [0, 0.05) is 23.3 Å². The fourth-order valence-electron chi connectivity index (χ4n) is 3.96. The molecule has 0 radical (unpaired) electrons. The molecule has 0 amide bonds. The average Bonchev–Trinajstić information content (AvgIpc) is 3.19. The minimum absolute atomic E-state index is 0.102. The standard InChI is InChI=1S/C20H21F3O4S/c1-10-5-13-9-26-19(8-16(24)18(25)11(2)27-19)15(13)7-12(10)6-14-3-4-17(28-14)20(21,22)23/h3-5,7,11,16,18,24-25H,6,8-9H2,1-2H3/t11-,16-,18-,19-/m1/s1. The second-order valence-electron chi connectivity index (χ2n) is 7.50. The van der Waals surface area contributed by atoms with E-state index in [0.29, 0.717) is 17.9 Å². The SMILES string of the molecule is Cc1cc2c(cc1Cc1ccc(C(F)(F)F)s1)[C@]1(C[C@@H](O)[C@H](O)[C@@H](C)O1)OC2. The van der Waals surface area contributed by atoms with Gasteiger partial charge in [0.2, 0.25) is 0 Å². The Kier molecular flexibility index (Phi) is 4.83. The largest absolute Gasteiger partial charge is 0.425 e. The van der Waals surface area contributed by atoms with Crippen molar-refractivity contribution in [3.8, 4) is 0 Å². The van der Waals surface area contributed by atoms with Crippen molar-refractivity contribution in [1.82, 2.24) is 0 Å². The van der Waals surface area contributed by atoms with E-state index in [1.54, 1.807) is 6.92 Å². The van der Waals surface area contributed by atoms with Gasteiger partial charge in [-0.05, 0) is 48.7 Å². The third-order valence-corrected chi connectivity index (χ3v) is 6.60. The lowest BCUT2D eigenvalue weighted by atomic mass is 9.88. The number of rotatable bonds is 2. The van der Waals surface area contributed by atoms with E-state index < -0.39 is 35.2 Å². The zero-order chi connectivity index (χ0) is 20.3. The van der Waals surface area contributed by atoms with Crippen LogP contribution < -0.4 is 0 Å². The highest BCUT2D eigenvalue weighted by Crippen LogP contribution is 2.46. The highest BCUT2D eigenvalue weighted by Gasteiger charge is 2.50. The fraction of sp³-hybridized carbons (Fsp3) is 0.500. The van der Waals surface area contributed by atoms with Crippen molar-refractivity contribution in [3.63, 3.8) is 0 Å². The molecule has 4 atom stereocenters. The second-order valence-corrected chi connectivity index (χ2v) is 8.67. The van der Waals surface area contributed by atoms with Gasteiger partial charge in [0.05, 0.1) is 18.8 Å². The predicted molar refractivity (Wildman–Crippen MR) is 97.0 cm³/mol. The Morgan fingerprint density at radius 2 is 2.00 bits per heavy atom. The molecular weight excluding hydrogens is 393 g/mol. The first-order chi connectivity index (χ1) is 13.1. The van der Waals surface area contributed by atoms with Gasteiger partial charge in [-0.1, -0.05) is 6.07 Å². The number of benzene rings is 1. The van der Waals surface area contributed by atoms with Gasteiger partial charge >= 0.3 is 6.18 Å². The number of aliphatic hydroxyl groups excluding tert-OH is 2. The number of hydrogen-bond donors (Lipinski definition) is 2. The number of ether oxygens (including phenoxy) is 2. The zero-order valence-electron chi connectivity index (χ0n) is 15.4. The summed E-state index contributed by atoms with van der Waals surface area (Å²) in [6, 6.07) is 6.48. The molecule has 0 bridgehead atoms. The second kappa shape index (κ2) is 6.81. The Morgan fingerprint density at radius 3 is 2.64 bits per heavy atom. The summed E-state index contributed by atoms with van der Waals surface area (Å²) in [4.78, 5) is 0.0133. The van der Waals surface area contributed by atoms with Gasteiger partial charge in [0.1, 0.15) is 11.0 Å². The van der Waals surface area contributed by atoms with Gasteiger partial charge < -0.3 is 19.7 Å². The van der Waals surface area contributed by atoms with Crippen molar-refractivity contribution in [2.75, 3.05) is 0 Å². The van der Waals surface area contributed by atoms with E-state index in [9.17, 15) is 23.4 Å². The van der Waals surface area contributed by atoms with Gasteiger partial charge in [-0.3, -0.25) is 0 Å². The van der Waals surface area contributed by atoms with Crippen molar-refractivity contribution in [3.05, 3.63) is 56.3 Å². The minimum atomic E-state index is -4.34. The van der Waals surface area contributed by atoms with Gasteiger partial charge in [-0.2, -0.15) is 13.2 Å². The number of hydrogen-bond acceptors (Lipinski definition) is 5. The smallest absolute Gasteiger partial charge is 0.390 e. The number of thiophene rings is 1. The molecule has 2 aromatic rings. The summed E-state index contributed by atoms with van der Waals surface area (Å²) in [7, 11) is 0. The number of alkyl halides is 3.